The van der Waals surface area contributed by atoms with Crippen molar-refractivity contribution in [3.63, 3.8) is 0 Å². The molecule has 2 aromatic rings. The van der Waals surface area contributed by atoms with Crippen LogP contribution < -0.4 is 5.73 Å². The molecule has 0 spiro atoms. The minimum absolute atomic E-state index is 0.0752. The standard InChI is InChI=1S/C11H11ClN4O/c1-7-10(12)6-16(14-7)9-4-2-8(3-5-9)11(13)15-17/h2-6,17H,1H3,(H2,13,15). The van der Waals surface area contributed by atoms with Crippen molar-refractivity contribution in [3.8, 4) is 5.69 Å². The fourth-order valence-electron chi connectivity index (χ4n) is 1.41. The Labute approximate surface area is 103 Å². The normalized spacial score (nSPS) is 11.8. The van der Waals surface area contributed by atoms with Gasteiger partial charge in [-0.25, -0.2) is 4.68 Å². The second-order valence-electron chi connectivity index (χ2n) is 3.54. The molecule has 88 valence electrons. The molecule has 0 radical (unpaired) electrons. The summed E-state index contributed by atoms with van der Waals surface area (Å²) < 4.78 is 1.67. The van der Waals surface area contributed by atoms with E-state index in [2.05, 4.69) is 10.3 Å². The first-order chi connectivity index (χ1) is 8.11. The summed E-state index contributed by atoms with van der Waals surface area (Å²) in [5.74, 6) is 0.0752. The number of nitrogens with two attached hydrogens (primary N) is 1. The molecule has 0 saturated carbocycles. The Morgan fingerprint density at radius 2 is 2.06 bits per heavy atom. The highest BCUT2D eigenvalue weighted by atomic mass is 35.5. The van der Waals surface area contributed by atoms with Crippen molar-refractivity contribution < 1.29 is 5.21 Å². The van der Waals surface area contributed by atoms with Crippen molar-refractivity contribution in [3.05, 3.63) is 46.7 Å². The average Bonchev–Trinajstić information content (AvgIpc) is 2.69. The summed E-state index contributed by atoms with van der Waals surface area (Å²) in [5.41, 5.74) is 7.74. The van der Waals surface area contributed by atoms with E-state index in [0.29, 0.717) is 10.6 Å². The van der Waals surface area contributed by atoms with Gasteiger partial charge in [-0.05, 0) is 31.2 Å². The molecule has 0 atom stereocenters. The maximum Gasteiger partial charge on any atom is 0.170 e. The molecule has 6 heteroatoms. The van der Waals surface area contributed by atoms with Gasteiger partial charge in [0.05, 0.1) is 16.4 Å². The van der Waals surface area contributed by atoms with Crippen LogP contribution in [0.25, 0.3) is 5.69 Å². The predicted molar refractivity (Wildman–Crippen MR) is 65.8 cm³/mol. The van der Waals surface area contributed by atoms with Crippen molar-refractivity contribution in [1.82, 2.24) is 9.78 Å². The van der Waals surface area contributed by atoms with Crippen LogP contribution in [-0.4, -0.2) is 20.8 Å². The van der Waals surface area contributed by atoms with E-state index in [1.54, 1.807) is 23.0 Å². The Morgan fingerprint density at radius 3 is 2.53 bits per heavy atom. The van der Waals surface area contributed by atoms with Crippen molar-refractivity contribution >= 4 is 17.4 Å². The van der Waals surface area contributed by atoms with Crippen LogP contribution >= 0.6 is 11.6 Å². The molecule has 0 amide bonds. The van der Waals surface area contributed by atoms with Gasteiger partial charge >= 0.3 is 0 Å². The van der Waals surface area contributed by atoms with Crippen molar-refractivity contribution in [2.24, 2.45) is 10.9 Å². The molecule has 1 aromatic carbocycles. The SMILES string of the molecule is Cc1nn(-c2ccc(C(N)=NO)cc2)cc1Cl. The predicted octanol–water partition coefficient (Wildman–Crippen LogP) is 1.93. The molecular weight excluding hydrogens is 240 g/mol. The molecule has 1 heterocycles. The lowest BCUT2D eigenvalue weighted by atomic mass is 10.2. The van der Waals surface area contributed by atoms with E-state index < -0.39 is 0 Å². The van der Waals surface area contributed by atoms with Gasteiger partial charge < -0.3 is 10.9 Å². The molecule has 0 aliphatic rings. The van der Waals surface area contributed by atoms with Crippen LogP contribution in [0, 0.1) is 6.92 Å². The van der Waals surface area contributed by atoms with E-state index in [0.717, 1.165) is 11.4 Å². The Hall–Kier alpha value is -2.01. The fraction of sp³-hybridized carbons (Fsp3) is 0.0909. The molecule has 0 unspecified atom stereocenters. The quantitative estimate of drug-likeness (QED) is 0.370. The largest absolute Gasteiger partial charge is 0.409 e. The number of hydrogen-bond donors (Lipinski definition) is 2. The maximum absolute atomic E-state index is 8.54. The molecule has 0 aliphatic heterocycles. The van der Waals surface area contributed by atoms with Crippen LogP contribution in [-0.2, 0) is 0 Å². The van der Waals surface area contributed by atoms with Crippen LogP contribution in [0.4, 0.5) is 0 Å². The Kier molecular flexibility index (Phi) is 3.01. The van der Waals surface area contributed by atoms with Crippen LogP contribution in [0.1, 0.15) is 11.3 Å². The third kappa shape index (κ3) is 2.24. The first-order valence-electron chi connectivity index (χ1n) is 4.92. The van der Waals surface area contributed by atoms with Crippen LogP contribution in [0.5, 0.6) is 0 Å². The van der Waals surface area contributed by atoms with Crippen LogP contribution in [0.15, 0.2) is 35.6 Å². The summed E-state index contributed by atoms with van der Waals surface area (Å²) in [6, 6.07) is 7.12. The van der Waals surface area contributed by atoms with E-state index in [9.17, 15) is 0 Å². The van der Waals surface area contributed by atoms with Crippen molar-refractivity contribution in [2.75, 3.05) is 0 Å². The number of hydrogen-bond acceptors (Lipinski definition) is 3. The number of benzene rings is 1. The topological polar surface area (TPSA) is 76.4 Å². The maximum atomic E-state index is 8.54. The third-order valence-corrected chi connectivity index (χ3v) is 2.75. The fourth-order valence-corrected chi connectivity index (χ4v) is 1.54. The Balaban J connectivity index is 2.35. The summed E-state index contributed by atoms with van der Waals surface area (Å²) in [5, 5.41) is 16.3. The molecule has 5 nitrogen and oxygen atoms in total. The molecule has 2 rings (SSSR count). The molecule has 3 N–H and O–H groups in total. The first kappa shape index (κ1) is 11.5. The van der Waals surface area contributed by atoms with Crippen molar-refractivity contribution in [2.45, 2.75) is 6.92 Å². The van der Waals surface area contributed by atoms with E-state index in [4.69, 9.17) is 22.5 Å². The average molecular weight is 251 g/mol. The lowest BCUT2D eigenvalue weighted by Gasteiger charge is -2.02. The second kappa shape index (κ2) is 4.47. The highest BCUT2D eigenvalue weighted by Gasteiger charge is 2.04. The van der Waals surface area contributed by atoms with Gasteiger partial charge in [-0.3, -0.25) is 0 Å². The first-order valence-corrected chi connectivity index (χ1v) is 5.29. The molecule has 0 bridgehead atoms. The van der Waals surface area contributed by atoms with Crippen LogP contribution in [0.2, 0.25) is 5.02 Å². The van der Waals surface area contributed by atoms with Gasteiger partial charge in [0.15, 0.2) is 5.84 Å². The van der Waals surface area contributed by atoms with Crippen LogP contribution in [0.3, 0.4) is 0 Å². The summed E-state index contributed by atoms with van der Waals surface area (Å²) in [6.45, 7) is 1.84. The zero-order chi connectivity index (χ0) is 12.4. The second-order valence-corrected chi connectivity index (χ2v) is 3.95. The molecular formula is C11H11ClN4O. The summed E-state index contributed by atoms with van der Waals surface area (Å²) in [4.78, 5) is 0. The number of rotatable bonds is 2. The smallest absolute Gasteiger partial charge is 0.170 e. The van der Waals surface area contributed by atoms with Gasteiger partial charge in [-0.1, -0.05) is 16.8 Å². The van der Waals surface area contributed by atoms with Gasteiger partial charge in [0.1, 0.15) is 0 Å². The molecule has 0 fully saturated rings. The minimum atomic E-state index is 0.0752. The number of aryl methyl sites for hydroxylation is 1. The lowest BCUT2D eigenvalue weighted by molar-refractivity contribution is 0.318. The number of aromatic nitrogens is 2. The third-order valence-electron chi connectivity index (χ3n) is 2.37. The lowest BCUT2D eigenvalue weighted by Crippen LogP contribution is -2.12. The molecule has 0 saturated heterocycles. The van der Waals surface area contributed by atoms with Gasteiger partial charge in [-0.15, -0.1) is 0 Å². The molecule has 0 aliphatic carbocycles. The molecule has 17 heavy (non-hydrogen) atoms. The number of amidine groups is 1. The monoisotopic (exact) mass is 250 g/mol. The number of nitrogens with zero attached hydrogens (tertiary/aromatic N) is 3. The van der Waals surface area contributed by atoms with Gasteiger partial charge in [-0.2, -0.15) is 5.10 Å². The van der Waals surface area contributed by atoms with E-state index in [1.807, 2.05) is 19.1 Å². The minimum Gasteiger partial charge on any atom is -0.409 e. The summed E-state index contributed by atoms with van der Waals surface area (Å²) in [6.07, 6.45) is 1.73. The van der Waals surface area contributed by atoms with Gasteiger partial charge in [0, 0.05) is 11.8 Å². The van der Waals surface area contributed by atoms with E-state index >= 15 is 0 Å². The Morgan fingerprint density at radius 1 is 1.41 bits per heavy atom. The number of oxime groups is 1. The van der Waals surface area contributed by atoms with E-state index in [-0.39, 0.29) is 5.84 Å². The highest BCUT2D eigenvalue weighted by molar-refractivity contribution is 6.31. The summed E-state index contributed by atoms with van der Waals surface area (Å²) >= 11 is 5.93. The molecule has 1 aromatic heterocycles. The highest BCUT2D eigenvalue weighted by Crippen LogP contribution is 2.16. The van der Waals surface area contributed by atoms with Crippen molar-refractivity contribution in [1.29, 1.82) is 0 Å². The zero-order valence-corrected chi connectivity index (χ0v) is 9.89. The van der Waals surface area contributed by atoms with E-state index in [1.165, 1.54) is 0 Å². The zero-order valence-electron chi connectivity index (χ0n) is 9.13. The van der Waals surface area contributed by atoms with Gasteiger partial charge in [0.25, 0.3) is 0 Å². The number of halogens is 1. The Bertz CT molecular complexity index is 540. The summed E-state index contributed by atoms with van der Waals surface area (Å²) in [7, 11) is 0. The van der Waals surface area contributed by atoms with Gasteiger partial charge in [0.2, 0.25) is 0 Å².